The van der Waals surface area contributed by atoms with Gasteiger partial charge in [-0.15, -0.1) is 0 Å². The molecule has 2 aliphatic carbocycles. The van der Waals surface area contributed by atoms with Gasteiger partial charge in [-0.05, 0) is 98.5 Å². The number of phosphoric ester groups is 1. The average Bonchev–Trinajstić information content (AvgIpc) is 1.52. The summed E-state index contributed by atoms with van der Waals surface area (Å²) in [6, 6.07) is 6.45. The van der Waals surface area contributed by atoms with Crippen LogP contribution in [0.3, 0.4) is 0 Å². The minimum absolute atomic E-state index is 0.0634. The number of hydrogen-bond acceptors (Lipinski definition) is 12. The zero-order valence-electron chi connectivity index (χ0n) is 46.2. The van der Waals surface area contributed by atoms with E-state index in [9.17, 15) is 90.3 Å². The highest BCUT2D eigenvalue weighted by atomic mass is 35.5. The summed E-state index contributed by atoms with van der Waals surface area (Å²) in [6.07, 6.45) is -12.7. The number of phosphoric acid groups is 1. The molecule has 0 aliphatic heterocycles. The van der Waals surface area contributed by atoms with Crippen molar-refractivity contribution in [2.45, 2.75) is 114 Å². The first kappa shape index (κ1) is 66.5. The number of aryl methyl sites for hydroxylation is 1. The Morgan fingerprint density at radius 3 is 2.09 bits per heavy atom. The lowest BCUT2D eigenvalue weighted by Gasteiger charge is -2.31. The second-order valence-corrected chi connectivity index (χ2v) is 29.8. The maximum Gasteiger partial charge on any atom is 0.524 e. The standard InChI is InChI=1S/C52H50ClF10N7O13P2S2/c1-25-14-27(23-84(73,74)75)42(37(15-25)83-85(76,77)78)48(2,3)21-39(72)70(87(7,81)82)47-41-35(53)11-10-32(44(41)69(67-47)24-50(56,57)58)31-9-8-30(12-13-49(4,5)86(6,79)80)64-43(31)36(18-26-16-28(54)19-29(55)17-26)65-38(71)22-68-46-40(45(66-68)52(61,62)63)33-20-34(33)51(46,59)60/h8-11,14-17,19,33-34,36H,18,20-24H2,1-7H3,(H,65,71)(H2,73,74,75)(H2,76,77,78)/t33-,34+,36-/m0/s1. The first-order valence-corrected chi connectivity index (χ1v) is 32.8. The van der Waals surface area contributed by atoms with Crippen molar-refractivity contribution in [2.24, 2.45) is 5.92 Å². The van der Waals surface area contributed by atoms with Gasteiger partial charge in [0, 0.05) is 52.3 Å². The summed E-state index contributed by atoms with van der Waals surface area (Å²) in [7, 11) is -19.7. The number of pyridine rings is 1. The predicted molar refractivity (Wildman–Crippen MR) is 292 cm³/mol. The molecule has 3 atom stereocenters. The maximum atomic E-state index is 15.7. The molecule has 5 N–H and O–H groups in total. The monoisotopic (exact) mass is 1330 g/mol. The van der Waals surface area contributed by atoms with Crippen LogP contribution < -0.4 is 14.1 Å². The Morgan fingerprint density at radius 1 is 0.908 bits per heavy atom. The first-order chi connectivity index (χ1) is 39.6. The minimum Gasteiger partial charge on any atom is -0.404 e. The van der Waals surface area contributed by atoms with Crippen molar-refractivity contribution in [2.75, 3.05) is 16.8 Å². The van der Waals surface area contributed by atoms with Crippen LogP contribution in [0.4, 0.5) is 49.7 Å². The van der Waals surface area contributed by atoms with Crippen molar-refractivity contribution in [1.82, 2.24) is 29.9 Å². The van der Waals surface area contributed by atoms with E-state index in [-0.39, 0.29) is 42.5 Å². The Bertz CT molecular complexity index is 4190. The number of carbonyl (C=O) groups excluding carboxylic acids is 2. The van der Waals surface area contributed by atoms with Crippen LogP contribution in [-0.4, -0.2) is 96.2 Å². The van der Waals surface area contributed by atoms with Gasteiger partial charge in [-0.1, -0.05) is 43.5 Å². The molecule has 6 aromatic rings. The summed E-state index contributed by atoms with van der Waals surface area (Å²) in [4.78, 5) is 73.5. The van der Waals surface area contributed by atoms with Crippen LogP contribution in [0.5, 0.6) is 5.75 Å². The van der Waals surface area contributed by atoms with Gasteiger partial charge in [-0.25, -0.2) is 35.2 Å². The van der Waals surface area contributed by atoms with Crippen molar-refractivity contribution >= 4 is 75.4 Å². The molecule has 3 heterocycles. The Morgan fingerprint density at radius 2 is 1.53 bits per heavy atom. The fourth-order valence-electron chi connectivity index (χ4n) is 10.5. The van der Waals surface area contributed by atoms with E-state index in [1.165, 1.54) is 40.7 Å². The van der Waals surface area contributed by atoms with E-state index in [4.69, 9.17) is 16.1 Å². The molecule has 1 saturated carbocycles. The predicted octanol–water partition coefficient (Wildman–Crippen LogP) is 9.41. The molecule has 3 aromatic carbocycles. The molecule has 0 spiro atoms. The van der Waals surface area contributed by atoms with Crippen LogP contribution in [0.25, 0.3) is 22.0 Å². The van der Waals surface area contributed by atoms with Crippen molar-refractivity contribution in [3.8, 4) is 28.7 Å². The van der Waals surface area contributed by atoms with E-state index < -0.39 is 204 Å². The third-order valence-corrected chi connectivity index (χ3v) is 18.7. The lowest BCUT2D eigenvalue weighted by molar-refractivity contribution is -0.143. The molecule has 0 bridgehead atoms. The van der Waals surface area contributed by atoms with E-state index in [2.05, 4.69) is 32.3 Å². The van der Waals surface area contributed by atoms with Gasteiger partial charge in [0.2, 0.25) is 21.8 Å². The quantitative estimate of drug-likeness (QED) is 0.0304. The highest BCUT2D eigenvalue weighted by molar-refractivity contribution is 7.93. The normalized spacial score (nSPS) is 16.7. The maximum absolute atomic E-state index is 15.7. The number of nitrogens with zero attached hydrogens (tertiary/aromatic N) is 6. The van der Waals surface area contributed by atoms with Gasteiger partial charge < -0.3 is 19.6 Å². The lowest BCUT2D eigenvalue weighted by Crippen LogP contribution is -2.40. The number of fused-ring (bicyclic) bond motifs is 4. The van der Waals surface area contributed by atoms with Crippen LogP contribution in [0, 0.1) is 36.3 Å². The fraction of sp³-hybridized carbons (Fsp3) is 0.404. The number of amides is 2. The molecule has 470 valence electrons. The van der Waals surface area contributed by atoms with Gasteiger partial charge in [0.05, 0.1) is 40.1 Å². The molecule has 2 aliphatic rings. The number of sulfonamides is 1. The fourth-order valence-corrected chi connectivity index (χ4v) is 13.0. The number of nitrogens with one attached hydrogen (secondary N) is 1. The molecule has 20 nitrogen and oxygen atoms in total. The van der Waals surface area contributed by atoms with E-state index in [1.807, 2.05) is 0 Å². The number of rotatable bonds is 18. The molecular weight excluding hydrogens is 1280 g/mol. The zero-order chi connectivity index (χ0) is 65.1. The second-order valence-electron chi connectivity index (χ2n) is 22.2. The van der Waals surface area contributed by atoms with Crippen LogP contribution >= 0.6 is 27.0 Å². The van der Waals surface area contributed by atoms with E-state index in [0.29, 0.717) is 12.3 Å². The van der Waals surface area contributed by atoms with Crippen LogP contribution in [0.15, 0.2) is 54.6 Å². The van der Waals surface area contributed by atoms with E-state index in [0.717, 1.165) is 48.7 Å². The molecule has 0 saturated heterocycles. The van der Waals surface area contributed by atoms with Crippen molar-refractivity contribution in [3.63, 3.8) is 0 Å². The third-order valence-electron chi connectivity index (χ3n) is 14.3. The van der Waals surface area contributed by atoms with E-state index in [1.54, 1.807) is 0 Å². The summed E-state index contributed by atoms with van der Waals surface area (Å²) < 4.78 is 231. The molecule has 0 radical (unpaired) electrons. The number of halogens is 11. The average molecular weight is 1330 g/mol. The number of alkyl halides is 8. The SMILES string of the molecule is Cc1cc(CP(=O)(O)O)c(C(C)(C)CC(=O)N(c2nn(CC(F)(F)F)c3c(-c4ccc(C#CC(C)(C)S(C)(=O)=O)nc4[C@H](Cc4cc(F)cc(F)c4)NC(=O)Cn4nc(C(F)(F)F)c5c4C(F)(F)[C@@H]4C[C@H]54)ccc(Cl)c23)S(C)(=O)=O)c(OP(=O)(O)O)c1. The molecule has 35 heteroatoms. The topological polar surface area (TPSA) is 291 Å². The second kappa shape index (κ2) is 22.6. The summed E-state index contributed by atoms with van der Waals surface area (Å²) in [6.45, 7) is 2.61. The Hall–Kier alpha value is -6.42. The first-order valence-electron chi connectivity index (χ1n) is 25.3. The van der Waals surface area contributed by atoms with Crippen molar-refractivity contribution in [3.05, 3.63) is 122 Å². The third kappa shape index (κ3) is 14.4. The lowest BCUT2D eigenvalue weighted by atomic mass is 9.78. The number of benzene rings is 3. The molecule has 1 fully saturated rings. The Kier molecular flexibility index (Phi) is 17.3. The minimum atomic E-state index is -5.52. The van der Waals surface area contributed by atoms with Crippen molar-refractivity contribution < 1.29 is 104 Å². The molecular formula is C52H50ClF10N7O13P2S2. The Labute approximate surface area is 493 Å². The summed E-state index contributed by atoms with van der Waals surface area (Å²) in [5.74, 6) is -8.86. The number of anilines is 1. The summed E-state index contributed by atoms with van der Waals surface area (Å²) in [5.41, 5.74) is -9.27. The molecule has 3 aromatic heterocycles. The van der Waals surface area contributed by atoms with Gasteiger partial charge in [0.1, 0.15) is 46.6 Å². The van der Waals surface area contributed by atoms with Crippen LogP contribution in [-0.2, 0) is 81.8 Å². The van der Waals surface area contributed by atoms with Gasteiger partial charge >= 0.3 is 27.8 Å². The highest BCUT2D eigenvalue weighted by Gasteiger charge is 2.68. The molecule has 8 rings (SSSR count). The van der Waals surface area contributed by atoms with Crippen molar-refractivity contribution in [1.29, 1.82) is 0 Å². The highest BCUT2D eigenvalue weighted by Crippen LogP contribution is 2.68. The van der Waals surface area contributed by atoms with Crippen LogP contribution in [0.2, 0.25) is 5.02 Å². The van der Waals surface area contributed by atoms with Gasteiger partial charge in [0.25, 0.3) is 5.92 Å². The zero-order valence-corrected chi connectivity index (χ0v) is 50.4. The molecule has 0 unspecified atom stereocenters. The van der Waals surface area contributed by atoms with E-state index >= 15 is 8.78 Å². The van der Waals surface area contributed by atoms with Crippen LogP contribution in [0.1, 0.15) is 103 Å². The van der Waals surface area contributed by atoms with Gasteiger partial charge in [0.15, 0.2) is 21.3 Å². The molecule has 87 heavy (non-hydrogen) atoms. The number of sulfone groups is 1. The smallest absolute Gasteiger partial charge is 0.404 e. The number of hydrogen-bond donors (Lipinski definition) is 5. The Balaban J connectivity index is 1.36. The van der Waals surface area contributed by atoms with Gasteiger partial charge in [-0.3, -0.25) is 33.3 Å². The van der Waals surface area contributed by atoms with Gasteiger partial charge in [-0.2, -0.15) is 49.6 Å². The molecule has 2 amide bonds. The largest absolute Gasteiger partial charge is 0.524 e. The summed E-state index contributed by atoms with van der Waals surface area (Å²) >= 11 is 6.77. The number of aromatic nitrogens is 5. The number of carbonyl (C=O) groups is 2. The summed E-state index contributed by atoms with van der Waals surface area (Å²) in [5, 5.41) is 8.39.